The van der Waals surface area contributed by atoms with Crippen LogP contribution in [0.2, 0.25) is 0 Å². The minimum atomic E-state index is -4.07. The van der Waals surface area contributed by atoms with Gasteiger partial charge in [-0.3, -0.25) is 0 Å². The molecule has 0 aliphatic carbocycles. The van der Waals surface area contributed by atoms with Crippen molar-refractivity contribution < 1.29 is 18.3 Å². The molecule has 0 aromatic heterocycles. The van der Waals surface area contributed by atoms with Crippen LogP contribution in [0.1, 0.15) is 46.5 Å². The maximum atomic E-state index is 12.8. The molecule has 2 N–H and O–H groups in total. The van der Waals surface area contributed by atoms with Crippen LogP contribution in [0.25, 0.3) is 0 Å². The molecular weight excluding hydrogens is 281 g/mol. The first-order valence-electron chi connectivity index (χ1n) is 7.84. The van der Waals surface area contributed by atoms with Crippen molar-refractivity contribution in [3.63, 3.8) is 0 Å². The minimum Gasteiger partial charge on any atom is -0.394 e. The van der Waals surface area contributed by atoms with Crippen molar-refractivity contribution >= 4 is 0 Å². The van der Waals surface area contributed by atoms with Crippen molar-refractivity contribution in [3.05, 3.63) is 0 Å². The Balaban J connectivity index is 2.37. The fraction of sp³-hybridized carbons (Fsp3) is 1.00. The molecule has 0 bridgehead atoms. The summed E-state index contributed by atoms with van der Waals surface area (Å²) in [5, 5.41) is 12.8. The molecule has 0 radical (unpaired) electrons. The third kappa shape index (κ3) is 6.53. The molecule has 0 saturated carbocycles. The van der Waals surface area contributed by atoms with E-state index in [2.05, 4.69) is 5.32 Å². The fourth-order valence-electron chi connectivity index (χ4n) is 3.11. The van der Waals surface area contributed by atoms with E-state index in [9.17, 15) is 18.3 Å². The first-order chi connectivity index (χ1) is 9.66. The van der Waals surface area contributed by atoms with Crippen molar-refractivity contribution in [3.8, 4) is 0 Å². The van der Waals surface area contributed by atoms with Gasteiger partial charge in [0.1, 0.15) is 0 Å². The Hall–Kier alpha value is -0.330. The number of likely N-dealkylation sites (tertiary alicyclic amines) is 1. The average molecular weight is 310 g/mol. The number of hydrogen-bond acceptors (Lipinski definition) is 3. The lowest BCUT2D eigenvalue weighted by Crippen LogP contribution is -2.49. The van der Waals surface area contributed by atoms with E-state index in [1.807, 2.05) is 25.7 Å². The number of piperidine rings is 1. The Morgan fingerprint density at radius 3 is 2.52 bits per heavy atom. The van der Waals surface area contributed by atoms with Gasteiger partial charge in [-0.05, 0) is 45.7 Å². The summed E-state index contributed by atoms with van der Waals surface area (Å²) < 4.78 is 38.3. The molecular formula is C15H29F3N2O. The minimum absolute atomic E-state index is 0.0381. The van der Waals surface area contributed by atoms with Crippen LogP contribution in [0.4, 0.5) is 13.2 Å². The summed E-state index contributed by atoms with van der Waals surface area (Å²) in [4.78, 5) is 1.91. The molecule has 2 atom stereocenters. The van der Waals surface area contributed by atoms with Crippen LogP contribution in [0.15, 0.2) is 0 Å². The van der Waals surface area contributed by atoms with E-state index in [-0.39, 0.29) is 31.2 Å². The van der Waals surface area contributed by atoms with E-state index in [1.54, 1.807) is 0 Å². The second-order valence-electron chi connectivity index (χ2n) is 6.80. The molecule has 6 heteroatoms. The van der Waals surface area contributed by atoms with Crippen molar-refractivity contribution in [2.24, 2.45) is 5.92 Å². The summed E-state index contributed by atoms with van der Waals surface area (Å²) >= 11 is 0. The summed E-state index contributed by atoms with van der Waals surface area (Å²) in [5.41, 5.74) is -0.354. The Labute approximate surface area is 125 Å². The van der Waals surface area contributed by atoms with Gasteiger partial charge in [0.2, 0.25) is 0 Å². The van der Waals surface area contributed by atoms with Gasteiger partial charge in [-0.15, -0.1) is 0 Å². The Bertz CT molecular complexity index is 310. The topological polar surface area (TPSA) is 35.5 Å². The largest absolute Gasteiger partial charge is 0.394 e. The van der Waals surface area contributed by atoms with E-state index in [0.29, 0.717) is 13.0 Å². The number of nitrogens with zero attached hydrogens (tertiary/aromatic N) is 1. The Morgan fingerprint density at radius 2 is 2.00 bits per heavy atom. The lowest BCUT2D eigenvalue weighted by molar-refractivity contribution is -0.186. The molecule has 2 unspecified atom stereocenters. The van der Waals surface area contributed by atoms with Gasteiger partial charge >= 0.3 is 6.18 Å². The van der Waals surface area contributed by atoms with E-state index >= 15 is 0 Å². The third-order valence-corrected chi connectivity index (χ3v) is 4.16. The first-order valence-corrected chi connectivity index (χ1v) is 7.84. The van der Waals surface area contributed by atoms with Crippen LogP contribution in [0, 0.1) is 5.92 Å². The lowest BCUT2D eigenvalue weighted by atomic mass is 9.94. The van der Waals surface area contributed by atoms with Crippen LogP contribution >= 0.6 is 0 Å². The Morgan fingerprint density at radius 1 is 1.33 bits per heavy atom. The van der Waals surface area contributed by atoms with Gasteiger partial charge in [-0.2, -0.15) is 13.2 Å². The van der Waals surface area contributed by atoms with Gasteiger partial charge in [-0.1, -0.05) is 13.8 Å². The van der Waals surface area contributed by atoms with Crippen LogP contribution < -0.4 is 5.32 Å². The molecule has 1 aliphatic heterocycles. The van der Waals surface area contributed by atoms with E-state index < -0.39 is 12.1 Å². The SMILES string of the molecule is CC(C)NC(C)(CO)CCCN1CCCC(C(F)(F)F)C1. The summed E-state index contributed by atoms with van der Waals surface area (Å²) in [7, 11) is 0. The lowest BCUT2D eigenvalue weighted by Gasteiger charge is -2.35. The normalized spacial score (nSPS) is 24.3. The quantitative estimate of drug-likeness (QED) is 0.759. The molecule has 0 amide bonds. The predicted octanol–water partition coefficient (Wildman–Crippen LogP) is 2.79. The molecule has 0 aromatic carbocycles. The van der Waals surface area contributed by atoms with Gasteiger partial charge in [0.25, 0.3) is 0 Å². The number of nitrogens with one attached hydrogen (secondary N) is 1. The van der Waals surface area contributed by atoms with Gasteiger partial charge in [-0.25, -0.2) is 0 Å². The summed E-state index contributed by atoms with van der Waals surface area (Å²) in [6, 6.07) is 0.270. The second kappa shape index (κ2) is 7.79. The molecule has 3 nitrogen and oxygen atoms in total. The molecule has 1 rings (SSSR count). The zero-order valence-corrected chi connectivity index (χ0v) is 13.3. The first kappa shape index (κ1) is 18.7. The predicted molar refractivity (Wildman–Crippen MR) is 78.2 cm³/mol. The van der Waals surface area contributed by atoms with Gasteiger partial charge in [0, 0.05) is 18.1 Å². The monoisotopic (exact) mass is 310 g/mol. The summed E-state index contributed by atoms with van der Waals surface area (Å²) in [6.07, 6.45) is -1.65. The van der Waals surface area contributed by atoms with E-state index in [1.165, 1.54) is 0 Å². The molecule has 1 aliphatic rings. The van der Waals surface area contributed by atoms with Crippen molar-refractivity contribution in [2.45, 2.75) is 64.2 Å². The highest BCUT2D eigenvalue weighted by molar-refractivity contribution is 4.85. The van der Waals surface area contributed by atoms with Crippen molar-refractivity contribution in [2.75, 3.05) is 26.2 Å². The van der Waals surface area contributed by atoms with Crippen molar-refractivity contribution in [1.29, 1.82) is 0 Å². The number of aliphatic hydroxyl groups excluding tert-OH is 1. The number of rotatable bonds is 7. The third-order valence-electron chi connectivity index (χ3n) is 4.16. The van der Waals surface area contributed by atoms with Crippen LogP contribution in [-0.2, 0) is 0 Å². The molecule has 1 fully saturated rings. The summed E-state index contributed by atoms with van der Waals surface area (Å²) in [6.45, 7) is 7.58. The number of aliphatic hydroxyl groups is 1. The van der Waals surface area contributed by atoms with Gasteiger partial charge in [0.15, 0.2) is 0 Å². The number of halogens is 3. The average Bonchev–Trinajstić information content (AvgIpc) is 2.37. The zero-order chi connectivity index (χ0) is 16.1. The van der Waals surface area contributed by atoms with E-state index in [4.69, 9.17) is 0 Å². The fourth-order valence-corrected chi connectivity index (χ4v) is 3.11. The molecule has 21 heavy (non-hydrogen) atoms. The number of hydrogen-bond donors (Lipinski definition) is 2. The summed E-state index contributed by atoms with van der Waals surface area (Å²) in [5.74, 6) is -1.18. The highest BCUT2D eigenvalue weighted by atomic mass is 19.4. The molecule has 0 aromatic rings. The molecule has 1 saturated heterocycles. The molecule has 1 heterocycles. The van der Waals surface area contributed by atoms with Crippen molar-refractivity contribution in [1.82, 2.24) is 10.2 Å². The van der Waals surface area contributed by atoms with Crippen LogP contribution in [-0.4, -0.2) is 54.0 Å². The maximum Gasteiger partial charge on any atom is 0.393 e. The standard InChI is InChI=1S/C15H29F3N2O/c1-12(2)19-14(3,11-21)7-5-9-20-8-4-6-13(10-20)15(16,17)18/h12-13,19,21H,4-11H2,1-3H3. The number of alkyl halides is 3. The highest BCUT2D eigenvalue weighted by Gasteiger charge is 2.41. The van der Waals surface area contributed by atoms with Crippen LogP contribution in [0.5, 0.6) is 0 Å². The maximum absolute atomic E-state index is 12.8. The second-order valence-corrected chi connectivity index (χ2v) is 6.80. The van der Waals surface area contributed by atoms with E-state index in [0.717, 1.165) is 19.4 Å². The van der Waals surface area contributed by atoms with Crippen LogP contribution in [0.3, 0.4) is 0 Å². The molecule has 126 valence electrons. The molecule has 0 spiro atoms. The van der Waals surface area contributed by atoms with Gasteiger partial charge in [0.05, 0.1) is 12.5 Å². The smallest absolute Gasteiger partial charge is 0.393 e. The zero-order valence-electron chi connectivity index (χ0n) is 13.3. The van der Waals surface area contributed by atoms with Gasteiger partial charge < -0.3 is 15.3 Å². The Kier molecular flexibility index (Phi) is 6.94. The highest BCUT2D eigenvalue weighted by Crippen LogP contribution is 2.33.